The van der Waals surface area contributed by atoms with Crippen LogP contribution in [-0.2, 0) is 4.74 Å². The van der Waals surface area contributed by atoms with Gasteiger partial charge in [-0.15, -0.1) is 0 Å². The Morgan fingerprint density at radius 1 is 1.56 bits per heavy atom. The van der Waals surface area contributed by atoms with Gasteiger partial charge in [-0.1, -0.05) is 0 Å². The molecule has 0 saturated carbocycles. The number of rotatable bonds is 2. The van der Waals surface area contributed by atoms with Gasteiger partial charge in [0.2, 0.25) is 0 Å². The van der Waals surface area contributed by atoms with Crippen LogP contribution in [0.3, 0.4) is 0 Å². The highest BCUT2D eigenvalue weighted by molar-refractivity contribution is 14.1. The fourth-order valence-electron chi connectivity index (χ4n) is 1.15. The van der Waals surface area contributed by atoms with Gasteiger partial charge in [-0.25, -0.2) is 13.6 Å². The van der Waals surface area contributed by atoms with E-state index in [4.69, 9.17) is 5.26 Å². The Kier molecular flexibility index (Phi) is 4.18. The van der Waals surface area contributed by atoms with Crippen LogP contribution in [0.15, 0.2) is 12.1 Å². The molecule has 0 amide bonds. The smallest absolute Gasteiger partial charge is 0.337 e. The van der Waals surface area contributed by atoms with E-state index in [9.17, 15) is 13.6 Å². The van der Waals surface area contributed by atoms with Crippen LogP contribution >= 0.6 is 22.6 Å². The lowest BCUT2D eigenvalue weighted by Gasteiger charge is -2.07. The van der Waals surface area contributed by atoms with Crippen molar-refractivity contribution in [1.82, 2.24) is 0 Å². The second kappa shape index (κ2) is 5.21. The average Bonchev–Trinajstić information content (AvgIpc) is 2.26. The largest absolute Gasteiger partial charge is 0.465 e. The molecule has 0 atom stereocenters. The van der Waals surface area contributed by atoms with Crippen LogP contribution in [0.5, 0.6) is 0 Å². The Balaban J connectivity index is 3.41. The third kappa shape index (κ3) is 2.47. The van der Waals surface area contributed by atoms with Crippen molar-refractivity contribution in [2.45, 2.75) is 6.43 Å². The first kappa shape index (κ1) is 12.8. The fraction of sp³-hybridized carbons (Fsp3) is 0.200. The van der Waals surface area contributed by atoms with Gasteiger partial charge in [0.25, 0.3) is 6.43 Å². The van der Waals surface area contributed by atoms with Crippen LogP contribution < -0.4 is 0 Å². The normalized spacial score (nSPS) is 10.0. The van der Waals surface area contributed by atoms with Gasteiger partial charge in [0.05, 0.1) is 18.2 Å². The number of benzene rings is 1. The Morgan fingerprint density at radius 3 is 2.62 bits per heavy atom. The predicted molar refractivity (Wildman–Crippen MR) is 60.2 cm³/mol. The maximum absolute atomic E-state index is 12.6. The summed E-state index contributed by atoms with van der Waals surface area (Å²) in [6.45, 7) is 0. The molecule has 0 aliphatic rings. The summed E-state index contributed by atoms with van der Waals surface area (Å²) in [6.07, 6.45) is -2.80. The molecular formula is C10H6F2INO2. The lowest BCUT2D eigenvalue weighted by molar-refractivity contribution is 0.0600. The van der Waals surface area contributed by atoms with Crippen molar-refractivity contribution < 1.29 is 18.3 Å². The molecular weight excluding hydrogens is 331 g/mol. The molecule has 1 rings (SSSR count). The fourth-order valence-corrected chi connectivity index (χ4v) is 1.92. The molecule has 1 aromatic carbocycles. The van der Waals surface area contributed by atoms with Crippen molar-refractivity contribution in [2.75, 3.05) is 7.11 Å². The minimum atomic E-state index is -2.80. The standard InChI is InChI=1S/C10H6F2INO2/c1-16-10(15)5-2-6(9(11)12)7(4-14)8(13)3-5/h2-3,9H,1H3. The number of nitriles is 1. The first-order valence-electron chi connectivity index (χ1n) is 4.11. The number of carbonyl (C=O) groups excluding carboxylic acids is 1. The molecule has 84 valence electrons. The Labute approximate surface area is 104 Å². The molecule has 3 nitrogen and oxygen atoms in total. The summed E-state index contributed by atoms with van der Waals surface area (Å²) in [7, 11) is 1.16. The van der Waals surface area contributed by atoms with Gasteiger partial charge in [0, 0.05) is 9.13 Å². The number of esters is 1. The first-order chi connectivity index (χ1) is 7.51. The van der Waals surface area contributed by atoms with Gasteiger partial charge in [0.15, 0.2) is 0 Å². The van der Waals surface area contributed by atoms with Gasteiger partial charge in [-0.3, -0.25) is 0 Å². The molecule has 6 heteroatoms. The molecule has 16 heavy (non-hydrogen) atoms. The van der Waals surface area contributed by atoms with Crippen molar-refractivity contribution in [1.29, 1.82) is 5.26 Å². The number of ether oxygens (including phenoxy) is 1. The average molecular weight is 337 g/mol. The number of carbonyl (C=O) groups is 1. The first-order valence-corrected chi connectivity index (χ1v) is 5.19. The van der Waals surface area contributed by atoms with Gasteiger partial charge in [-0.05, 0) is 34.7 Å². The summed E-state index contributed by atoms with van der Waals surface area (Å²) < 4.78 is 30.0. The molecule has 1 aromatic rings. The highest BCUT2D eigenvalue weighted by atomic mass is 127. The van der Waals surface area contributed by atoms with Crippen LogP contribution in [0.25, 0.3) is 0 Å². The molecule has 0 unspecified atom stereocenters. The summed E-state index contributed by atoms with van der Waals surface area (Å²) in [4.78, 5) is 11.2. The SMILES string of the molecule is COC(=O)c1cc(I)c(C#N)c(C(F)F)c1. The number of nitrogens with zero attached hydrogens (tertiary/aromatic N) is 1. The zero-order valence-corrected chi connectivity index (χ0v) is 10.3. The van der Waals surface area contributed by atoms with Gasteiger partial charge in [-0.2, -0.15) is 5.26 Å². The van der Waals surface area contributed by atoms with E-state index in [1.54, 1.807) is 28.7 Å². The van der Waals surface area contributed by atoms with Crippen molar-refractivity contribution >= 4 is 28.6 Å². The second-order valence-corrected chi connectivity index (χ2v) is 3.99. The summed E-state index contributed by atoms with van der Waals surface area (Å²) in [5, 5.41) is 8.73. The maximum Gasteiger partial charge on any atom is 0.337 e. The van der Waals surface area contributed by atoms with Gasteiger partial charge in [0.1, 0.15) is 6.07 Å². The summed E-state index contributed by atoms with van der Waals surface area (Å²) in [5.41, 5.74) is -0.542. The third-order valence-electron chi connectivity index (χ3n) is 1.89. The van der Waals surface area contributed by atoms with Crippen molar-refractivity contribution in [3.8, 4) is 6.07 Å². The summed E-state index contributed by atoms with van der Waals surface area (Å²) in [6, 6.07) is 4.02. The van der Waals surface area contributed by atoms with Crippen molar-refractivity contribution in [3.05, 3.63) is 32.4 Å². The monoisotopic (exact) mass is 337 g/mol. The zero-order chi connectivity index (χ0) is 12.3. The molecule has 0 saturated heterocycles. The Morgan fingerprint density at radius 2 is 2.19 bits per heavy atom. The second-order valence-electron chi connectivity index (χ2n) is 2.83. The van der Waals surface area contributed by atoms with E-state index < -0.39 is 18.0 Å². The molecule has 0 aliphatic carbocycles. The molecule has 0 aliphatic heterocycles. The number of hydrogen-bond acceptors (Lipinski definition) is 3. The van der Waals surface area contributed by atoms with E-state index in [0.29, 0.717) is 3.57 Å². The third-order valence-corrected chi connectivity index (χ3v) is 2.74. The molecule has 0 heterocycles. The molecule has 0 radical (unpaired) electrons. The predicted octanol–water partition coefficient (Wildman–Crippen LogP) is 2.89. The Bertz CT molecular complexity index is 469. The van der Waals surface area contributed by atoms with Crippen LogP contribution in [0.4, 0.5) is 8.78 Å². The highest BCUT2D eigenvalue weighted by Gasteiger charge is 2.19. The number of alkyl halides is 2. The zero-order valence-electron chi connectivity index (χ0n) is 8.13. The number of halogens is 3. The number of hydrogen-bond donors (Lipinski definition) is 0. The van der Waals surface area contributed by atoms with E-state index in [2.05, 4.69) is 4.74 Å². The minimum Gasteiger partial charge on any atom is -0.465 e. The van der Waals surface area contributed by atoms with Crippen molar-refractivity contribution in [2.24, 2.45) is 0 Å². The van der Waals surface area contributed by atoms with E-state index in [1.165, 1.54) is 6.07 Å². The maximum atomic E-state index is 12.6. The van der Waals surface area contributed by atoms with E-state index in [0.717, 1.165) is 13.2 Å². The van der Waals surface area contributed by atoms with Crippen molar-refractivity contribution in [3.63, 3.8) is 0 Å². The van der Waals surface area contributed by atoms with Gasteiger partial charge >= 0.3 is 5.97 Å². The summed E-state index contributed by atoms with van der Waals surface area (Å²) >= 11 is 1.73. The molecule has 0 aromatic heterocycles. The quantitative estimate of drug-likeness (QED) is 0.616. The lowest BCUT2D eigenvalue weighted by Crippen LogP contribution is -2.05. The number of methoxy groups -OCH3 is 1. The summed E-state index contributed by atoms with van der Waals surface area (Å²) in [5.74, 6) is -0.704. The molecule has 0 spiro atoms. The van der Waals surface area contributed by atoms with Gasteiger partial charge < -0.3 is 4.74 Å². The lowest BCUT2D eigenvalue weighted by atomic mass is 10.1. The molecule has 0 bridgehead atoms. The van der Waals surface area contributed by atoms with Crippen LogP contribution in [0.2, 0.25) is 0 Å². The highest BCUT2D eigenvalue weighted by Crippen LogP contribution is 2.27. The van der Waals surface area contributed by atoms with E-state index in [-0.39, 0.29) is 11.1 Å². The molecule has 0 fully saturated rings. The van der Waals surface area contributed by atoms with E-state index >= 15 is 0 Å². The van der Waals surface area contributed by atoms with Crippen LogP contribution in [0.1, 0.15) is 27.9 Å². The Hall–Kier alpha value is -1.23. The minimum absolute atomic E-state index is 0.0150. The van der Waals surface area contributed by atoms with Crippen LogP contribution in [-0.4, -0.2) is 13.1 Å². The molecule has 0 N–H and O–H groups in total. The van der Waals surface area contributed by atoms with Crippen LogP contribution in [0, 0.1) is 14.9 Å². The van der Waals surface area contributed by atoms with E-state index in [1.807, 2.05) is 0 Å². The topological polar surface area (TPSA) is 50.1 Å².